The lowest BCUT2D eigenvalue weighted by atomic mass is 9.98. The van der Waals surface area contributed by atoms with Crippen molar-refractivity contribution in [3.63, 3.8) is 0 Å². The predicted molar refractivity (Wildman–Crippen MR) is 137 cm³/mol. The molecule has 4 aromatic rings. The smallest absolute Gasteiger partial charge is 0.236 e. The van der Waals surface area contributed by atoms with E-state index in [1.165, 1.54) is 10.8 Å². The standard InChI is InChI=1S/C30H25N3O/c1-32-29(23-13-6-3-7-14-23)27(18-21-10-4-2-5-11-21)33-28(34)20-26(31-30(32)33)25-17-16-22-12-8-9-15-24(22)19-25/h2-19,26,29H,20H2,1H3/b27-18-/t26-,29-/m1/s1. The molecule has 6 rings (SSSR count). The van der Waals surface area contributed by atoms with Gasteiger partial charge in [-0.2, -0.15) is 0 Å². The molecule has 0 aliphatic carbocycles. The molecule has 0 saturated carbocycles. The highest BCUT2D eigenvalue weighted by atomic mass is 16.2. The van der Waals surface area contributed by atoms with E-state index in [-0.39, 0.29) is 18.0 Å². The van der Waals surface area contributed by atoms with Crippen molar-refractivity contribution in [3.05, 3.63) is 126 Å². The average Bonchev–Trinajstić information content (AvgIpc) is 3.16. The molecular weight excluding hydrogens is 418 g/mol. The van der Waals surface area contributed by atoms with E-state index in [4.69, 9.17) is 4.99 Å². The Morgan fingerprint density at radius 2 is 1.47 bits per heavy atom. The average molecular weight is 444 g/mol. The number of benzene rings is 4. The highest BCUT2D eigenvalue weighted by molar-refractivity contribution is 6.04. The normalized spacial score (nSPS) is 21.1. The summed E-state index contributed by atoms with van der Waals surface area (Å²) in [6, 6.07) is 34.9. The number of rotatable bonds is 3. The molecule has 4 aromatic carbocycles. The number of nitrogens with zero attached hydrogens (tertiary/aromatic N) is 3. The summed E-state index contributed by atoms with van der Waals surface area (Å²) in [5.41, 5.74) is 4.22. The van der Waals surface area contributed by atoms with Crippen molar-refractivity contribution in [1.82, 2.24) is 9.80 Å². The van der Waals surface area contributed by atoms with Gasteiger partial charge in [0, 0.05) is 7.05 Å². The van der Waals surface area contributed by atoms with Crippen LogP contribution in [-0.4, -0.2) is 28.7 Å². The molecule has 0 radical (unpaired) electrons. The molecule has 0 spiro atoms. The van der Waals surface area contributed by atoms with Crippen LogP contribution in [0.15, 0.2) is 114 Å². The number of guanidine groups is 1. The molecule has 0 N–H and O–H groups in total. The molecule has 2 aliphatic rings. The van der Waals surface area contributed by atoms with E-state index in [2.05, 4.69) is 65.6 Å². The number of fused-ring (bicyclic) bond motifs is 2. The van der Waals surface area contributed by atoms with Gasteiger partial charge in [0.05, 0.1) is 24.2 Å². The first-order valence-corrected chi connectivity index (χ1v) is 11.6. The van der Waals surface area contributed by atoms with E-state index >= 15 is 0 Å². The SMILES string of the molecule is CN1C2=N[C@@H](c3ccc4ccccc4c3)CC(=O)N2/C(=C\c2ccccc2)[C@H]1c1ccccc1. The molecule has 1 fully saturated rings. The molecule has 1 saturated heterocycles. The maximum atomic E-state index is 13.6. The van der Waals surface area contributed by atoms with Crippen molar-refractivity contribution >= 4 is 28.7 Å². The van der Waals surface area contributed by atoms with Gasteiger partial charge in [0.2, 0.25) is 11.9 Å². The van der Waals surface area contributed by atoms with Gasteiger partial charge in [-0.15, -0.1) is 0 Å². The van der Waals surface area contributed by atoms with Crippen LogP contribution in [0.2, 0.25) is 0 Å². The van der Waals surface area contributed by atoms with Gasteiger partial charge in [0.25, 0.3) is 0 Å². The minimum Gasteiger partial charge on any atom is -0.333 e. The summed E-state index contributed by atoms with van der Waals surface area (Å²) in [4.78, 5) is 22.7. The molecule has 0 unspecified atom stereocenters. The second-order valence-corrected chi connectivity index (χ2v) is 8.89. The van der Waals surface area contributed by atoms with Crippen molar-refractivity contribution in [3.8, 4) is 0 Å². The zero-order valence-electron chi connectivity index (χ0n) is 19.0. The van der Waals surface area contributed by atoms with E-state index in [0.29, 0.717) is 12.4 Å². The van der Waals surface area contributed by atoms with Crippen molar-refractivity contribution in [1.29, 1.82) is 0 Å². The molecule has 166 valence electrons. The first kappa shape index (κ1) is 20.4. The Labute approximate surface area is 199 Å². The topological polar surface area (TPSA) is 35.9 Å². The lowest BCUT2D eigenvalue weighted by Crippen LogP contribution is -2.40. The third-order valence-corrected chi connectivity index (χ3v) is 6.72. The largest absolute Gasteiger partial charge is 0.333 e. The quantitative estimate of drug-likeness (QED) is 0.378. The van der Waals surface area contributed by atoms with Crippen LogP contribution in [0.25, 0.3) is 16.8 Å². The van der Waals surface area contributed by atoms with E-state index in [9.17, 15) is 4.79 Å². The van der Waals surface area contributed by atoms with Crippen LogP contribution in [0, 0.1) is 0 Å². The zero-order chi connectivity index (χ0) is 23.1. The maximum absolute atomic E-state index is 13.6. The lowest BCUT2D eigenvalue weighted by Gasteiger charge is -2.28. The summed E-state index contributed by atoms with van der Waals surface area (Å²) in [6.45, 7) is 0. The number of carbonyl (C=O) groups is 1. The van der Waals surface area contributed by atoms with Crippen molar-refractivity contribution < 1.29 is 4.79 Å². The number of carbonyl (C=O) groups excluding carboxylic acids is 1. The van der Waals surface area contributed by atoms with Crippen molar-refractivity contribution in [2.45, 2.75) is 18.5 Å². The minimum absolute atomic E-state index is 0.0793. The van der Waals surface area contributed by atoms with Crippen LogP contribution >= 0.6 is 0 Å². The number of aliphatic imine (C=N–C) groups is 1. The minimum atomic E-state index is -0.196. The molecule has 1 amide bonds. The summed E-state index contributed by atoms with van der Waals surface area (Å²) in [6.07, 6.45) is 2.47. The van der Waals surface area contributed by atoms with Gasteiger partial charge in [0.1, 0.15) is 0 Å². The van der Waals surface area contributed by atoms with Crippen LogP contribution in [0.1, 0.15) is 35.2 Å². The summed E-state index contributed by atoms with van der Waals surface area (Å²) in [5.74, 6) is 0.793. The molecule has 2 heterocycles. The Kier molecular flexibility index (Phi) is 4.99. The Balaban J connectivity index is 1.46. The third kappa shape index (κ3) is 3.48. The lowest BCUT2D eigenvalue weighted by molar-refractivity contribution is -0.126. The highest BCUT2D eigenvalue weighted by Crippen LogP contribution is 2.43. The number of hydrogen-bond acceptors (Lipinski definition) is 3. The molecular formula is C30H25N3O. The van der Waals surface area contributed by atoms with Gasteiger partial charge >= 0.3 is 0 Å². The van der Waals surface area contributed by atoms with Crippen LogP contribution in [0.3, 0.4) is 0 Å². The molecule has 2 atom stereocenters. The van der Waals surface area contributed by atoms with Gasteiger partial charge in [-0.25, -0.2) is 4.99 Å². The number of likely N-dealkylation sites (N-methyl/N-ethyl adjacent to an activating group) is 1. The van der Waals surface area contributed by atoms with Crippen LogP contribution in [-0.2, 0) is 4.79 Å². The van der Waals surface area contributed by atoms with Gasteiger partial charge < -0.3 is 4.90 Å². The molecule has 2 aliphatic heterocycles. The summed E-state index contributed by atoms with van der Waals surface area (Å²) < 4.78 is 0. The maximum Gasteiger partial charge on any atom is 0.236 e. The van der Waals surface area contributed by atoms with Crippen LogP contribution < -0.4 is 0 Å². The van der Waals surface area contributed by atoms with E-state index in [1.807, 2.05) is 60.5 Å². The van der Waals surface area contributed by atoms with Crippen LogP contribution in [0.4, 0.5) is 0 Å². The molecule has 4 heteroatoms. The summed E-state index contributed by atoms with van der Waals surface area (Å²) in [7, 11) is 2.03. The fourth-order valence-corrected chi connectivity index (χ4v) is 5.06. The number of hydrogen-bond donors (Lipinski definition) is 0. The first-order valence-electron chi connectivity index (χ1n) is 11.6. The molecule has 0 aromatic heterocycles. The van der Waals surface area contributed by atoms with E-state index in [1.54, 1.807) is 0 Å². The number of amides is 1. The highest BCUT2D eigenvalue weighted by Gasteiger charge is 2.45. The predicted octanol–water partition coefficient (Wildman–Crippen LogP) is 6.20. The van der Waals surface area contributed by atoms with Gasteiger partial charge in [0.15, 0.2) is 0 Å². The van der Waals surface area contributed by atoms with E-state index < -0.39 is 0 Å². The summed E-state index contributed by atoms with van der Waals surface area (Å²) >= 11 is 0. The fourth-order valence-electron chi connectivity index (χ4n) is 5.06. The second kappa shape index (κ2) is 8.31. The van der Waals surface area contributed by atoms with Crippen molar-refractivity contribution in [2.75, 3.05) is 7.05 Å². The monoisotopic (exact) mass is 443 g/mol. The Hall–Kier alpha value is -4.18. The van der Waals surface area contributed by atoms with Crippen molar-refractivity contribution in [2.24, 2.45) is 4.99 Å². The fraction of sp³-hybridized carbons (Fsp3) is 0.133. The van der Waals surface area contributed by atoms with Gasteiger partial charge in [-0.3, -0.25) is 9.69 Å². The van der Waals surface area contributed by atoms with Crippen LogP contribution in [0.5, 0.6) is 0 Å². The third-order valence-electron chi connectivity index (χ3n) is 6.72. The van der Waals surface area contributed by atoms with E-state index in [0.717, 1.165) is 22.4 Å². The van der Waals surface area contributed by atoms with Gasteiger partial charge in [-0.1, -0.05) is 97.1 Å². The second-order valence-electron chi connectivity index (χ2n) is 8.89. The Morgan fingerprint density at radius 3 is 2.24 bits per heavy atom. The first-order chi connectivity index (χ1) is 16.7. The molecule has 0 bridgehead atoms. The Bertz CT molecular complexity index is 1430. The summed E-state index contributed by atoms with van der Waals surface area (Å²) in [5, 5.41) is 2.36. The molecule has 4 nitrogen and oxygen atoms in total. The zero-order valence-corrected chi connectivity index (χ0v) is 19.0. The Morgan fingerprint density at radius 1 is 0.794 bits per heavy atom. The molecule has 34 heavy (non-hydrogen) atoms. The van der Waals surface area contributed by atoms with Gasteiger partial charge in [-0.05, 0) is 39.6 Å².